The van der Waals surface area contributed by atoms with Crippen LogP contribution >= 0.6 is 0 Å². The van der Waals surface area contributed by atoms with E-state index in [0.29, 0.717) is 5.41 Å². The van der Waals surface area contributed by atoms with Gasteiger partial charge in [0, 0.05) is 25.2 Å². The lowest BCUT2D eigenvalue weighted by Gasteiger charge is -2.45. The Balaban J connectivity index is 1.71. The molecule has 0 amide bonds. The van der Waals surface area contributed by atoms with E-state index in [1.165, 1.54) is 63.0 Å². The van der Waals surface area contributed by atoms with Gasteiger partial charge in [-0.15, -0.1) is 0 Å². The van der Waals surface area contributed by atoms with E-state index in [2.05, 4.69) is 35.3 Å². The quantitative estimate of drug-likeness (QED) is 0.925. The maximum atomic E-state index is 5.54. The van der Waals surface area contributed by atoms with Gasteiger partial charge >= 0.3 is 0 Å². The van der Waals surface area contributed by atoms with Crippen molar-refractivity contribution in [3.63, 3.8) is 0 Å². The molecular weight excluding hydrogens is 260 g/mol. The number of aryl methyl sites for hydroxylation is 1. The minimum Gasteiger partial charge on any atom is -0.496 e. The SMILES string of the molecule is COc1ccc(C)cc1CN1CCCC2(CCCNC2)C1. The topological polar surface area (TPSA) is 24.5 Å². The molecule has 0 aliphatic carbocycles. The Kier molecular flexibility index (Phi) is 4.51. The monoisotopic (exact) mass is 288 g/mol. The number of likely N-dealkylation sites (tertiary alicyclic amines) is 1. The standard InChI is InChI=1S/C18H28N2O/c1-15-5-6-17(21-2)16(11-15)12-20-10-4-8-18(14-20)7-3-9-19-13-18/h5-6,11,19H,3-4,7-10,12-14H2,1-2H3. The molecule has 3 heteroatoms. The van der Waals surface area contributed by atoms with Gasteiger partial charge < -0.3 is 10.1 Å². The molecule has 1 aromatic carbocycles. The van der Waals surface area contributed by atoms with Crippen molar-refractivity contribution in [3.05, 3.63) is 29.3 Å². The lowest BCUT2D eigenvalue weighted by Crippen LogP contribution is -2.50. The maximum absolute atomic E-state index is 5.54. The molecule has 1 aromatic rings. The minimum atomic E-state index is 0.521. The molecule has 2 saturated heterocycles. The normalized spacial score (nSPS) is 27.0. The zero-order valence-electron chi connectivity index (χ0n) is 13.5. The summed E-state index contributed by atoms with van der Waals surface area (Å²) in [5.74, 6) is 1.03. The van der Waals surface area contributed by atoms with Crippen molar-refractivity contribution < 1.29 is 4.74 Å². The van der Waals surface area contributed by atoms with E-state index in [0.717, 1.165) is 12.3 Å². The highest BCUT2D eigenvalue weighted by Crippen LogP contribution is 2.36. The lowest BCUT2D eigenvalue weighted by molar-refractivity contribution is 0.0596. The van der Waals surface area contributed by atoms with Crippen LogP contribution in [0.15, 0.2) is 18.2 Å². The van der Waals surface area contributed by atoms with E-state index < -0.39 is 0 Å². The first-order valence-electron chi connectivity index (χ1n) is 8.27. The van der Waals surface area contributed by atoms with Crippen molar-refractivity contribution in [1.82, 2.24) is 10.2 Å². The van der Waals surface area contributed by atoms with Gasteiger partial charge in [0.2, 0.25) is 0 Å². The summed E-state index contributed by atoms with van der Waals surface area (Å²) in [4.78, 5) is 2.63. The third-order valence-corrected chi connectivity index (χ3v) is 5.13. The number of rotatable bonds is 3. The van der Waals surface area contributed by atoms with Gasteiger partial charge in [-0.05, 0) is 57.2 Å². The van der Waals surface area contributed by atoms with Crippen molar-refractivity contribution in [3.8, 4) is 5.75 Å². The van der Waals surface area contributed by atoms with Gasteiger partial charge in [0.1, 0.15) is 5.75 Å². The second kappa shape index (κ2) is 6.37. The average molecular weight is 288 g/mol. The molecular formula is C18H28N2O. The molecule has 3 rings (SSSR count). The second-order valence-electron chi connectivity index (χ2n) is 6.91. The summed E-state index contributed by atoms with van der Waals surface area (Å²) in [5.41, 5.74) is 3.17. The molecule has 0 aromatic heterocycles. The van der Waals surface area contributed by atoms with Crippen LogP contribution in [0, 0.1) is 12.3 Å². The summed E-state index contributed by atoms with van der Waals surface area (Å²) >= 11 is 0. The second-order valence-corrected chi connectivity index (χ2v) is 6.91. The van der Waals surface area contributed by atoms with Crippen LogP contribution in [0.25, 0.3) is 0 Å². The number of hydrogen-bond acceptors (Lipinski definition) is 3. The highest BCUT2D eigenvalue weighted by Gasteiger charge is 2.36. The predicted octanol–water partition coefficient (Wildman–Crippen LogP) is 2.97. The third kappa shape index (κ3) is 3.41. The number of nitrogens with one attached hydrogen (secondary N) is 1. The Morgan fingerprint density at radius 2 is 2.14 bits per heavy atom. The molecule has 0 radical (unpaired) electrons. The first kappa shape index (κ1) is 14.9. The highest BCUT2D eigenvalue weighted by atomic mass is 16.5. The van der Waals surface area contributed by atoms with Gasteiger partial charge in [0.05, 0.1) is 7.11 Å². The van der Waals surface area contributed by atoms with Gasteiger partial charge in [-0.1, -0.05) is 17.7 Å². The van der Waals surface area contributed by atoms with Gasteiger partial charge in [-0.2, -0.15) is 0 Å². The smallest absolute Gasteiger partial charge is 0.123 e. The summed E-state index contributed by atoms with van der Waals surface area (Å²) in [7, 11) is 1.77. The fourth-order valence-corrected chi connectivity index (χ4v) is 4.10. The third-order valence-electron chi connectivity index (χ3n) is 5.13. The zero-order valence-corrected chi connectivity index (χ0v) is 13.5. The van der Waals surface area contributed by atoms with Crippen LogP contribution in [0.3, 0.4) is 0 Å². The zero-order chi connectivity index (χ0) is 14.7. The number of hydrogen-bond donors (Lipinski definition) is 1. The minimum absolute atomic E-state index is 0.521. The summed E-state index contributed by atoms with van der Waals surface area (Å²) in [6.45, 7) is 8.04. The number of methoxy groups -OCH3 is 1. The number of nitrogens with zero attached hydrogens (tertiary/aromatic N) is 1. The van der Waals surface area contributed by atoms with Crippen LogP contribution in [0.2, 0.25) is 0 Å². The first-order chi connectivity index (χ1) is 10.2. The molecule has 2 aliphatic heterocycles. The van der Waals surface area contributed by atoms with Gasteiger partial charge in [0.25, 0.3) is 0 Å². The Labute approximate surface area is 128 Å². The van der Waals surface area contributed by atoms with E-state index in [1.807, 2.05) is 0 Å². The van der Waals surface area contributed by atoms with Crippen LogP contribution in [0.5, 0.6) is 5.75 Å². The van der Waals surface area contributed by atoms with Crippen LogP contribution in [0.4, 0.5) is 0 Å². The fraction of sp³-hybridized carbons (Fsp3) is 0.667. The van der Waals surface area contributed by atoms with Crippen LogP contribution in [-0.2, 0) is 6.54 Å². The van der Waals surface area contributed by atoms with Gasteiger partial charge in [0.15, 0.2) is 0 Å². The van der Waals surface area contributed by atoms with Crippen LogP contribution in [-0.4, -0.2) is 38.2 Å². The largest absolute Gasteiger partial charge is 0.496 e. The maximum Gasteiger partial charge on any atom is 0.123 e. The van der Waals surface area contributed by atoms with Crippen molar-refractivity contribution >= 4 is 0 Å². The fourth-order valence-electron chi connectivity index (χ4n) is 4.10. The van der Waals surface area contributed by atoms with Crippen molar-refractivity contribution in [2.24, 2.45) is 5.41 Å². The summed E-state index contributed by atoms with van der Waals surface area (Å²) < 4.78 is 5.54. The molecule has 0 saturated carbocycles. The molecule has 2 fully saturated rings. The first-order valence-corrected chi connectivity index (χ1v) is 8.27. The van der Waals surface area contributed by atoms with Crippen molar-refractivity contribution in [1.29, 1.82) is 0 Å². The summed E-state index contributed by atoms with van der Waals surface area (Å²) in [6.07, 6.45) is 5.44. The van der Waals surface area contributed by atoms with Crippen LogP contribution < -0.4 is 10.1 Å². The van der Waals surface area contributed by atoms with E-state index in [-0.39, 0.29) is 0 Å². The van der Waals surface area contributed by atoms with Crippen LogP contribution in [0.1, 0.15) is 36.8 Å². The van der Waals surface area contributed by atoms with E-state index in [4.69, 9.17) is 4.74 Å². The van der Waals surface area contributed by atoms with Crippen molar-refractivity contribution in [2.45, 2.75) is 39.2 Å². The highest BCUT2D eigenvalue weighted by molar-refractivity contribution is 5.36. The molecule has 1 unspecified atom stereocenters. The molecule has 2 heterocycles. The van der Waals surface area contributed by atoms with E-state index in [1.54, 1.807) is 7.11 Å². The van der Waals surface area contributed by atoms with Crippen molar-refractivity contribution in [2.75, 3.05) is 33.3 Å². The van der Waals surface area contributed by atoms with Gasteiger partial charge in [-0.3, -0.25) is 4.90 Å². The Morgan fingerprint density at radius 3 is 2.90 bits per heavy atom. The molecule has 3 nitrogen and oxygen atoms in total. The summed E-state index contributed by atoms with van der Waals surface area (Å²) in [5, 5.41) is 3.61. The lowest BCUT2D eigenvalue weighted by atomic mass is 9.74. The number of piperidine rings is 2. The van der Waals surface area contributed by atoms with E-state index >= 15 is 0 Å². The number of benzene rings is 1. The molecule has 2 aliphatic rings. The summed E-state index contributed by atoms with van der Waals surface area (Å²) in [6, 6.07) is 6.51. The van der Waals surface area contributed by atoms with Gasteiger partial charge in [-0.25, -0.2) is 0 Å². The Hall–Kier alpha value is -1.06. The Morgan fingerprint density at radius 1 is 1.29 bits per heavy atom. The molecule has 0 bridgehead atoms. The predicted molar refractivity (Wildman–Crippen MR) is 86.8 cm³/mol. The molecule has 21 heavy (non-hydrogen) atoms. The number of ether oxygens (including phenoxy) is 1. The Bertz CT molecular complexity index is 475. The molecule has 1 spiro atoms. The molecule has 1 N–H and O–H groups in total. The average Bonchev–Trinajstić information content (AvgIpc) is 2.48. The molecule has 1 atom stereocenters. The van der Waals surface area contributed by atoms with E-state index in [9.17, 15) is 0 Å². The molecule has 116 valence electrons.